The molecule has 1 N–H and O–H groups in total. The lowest BCUT2D eigenvalue weighted by Gasteiger charge is -2.42. The fraction of sp³-hybridized carbons (Fsp3) is 0.462. The van der Waals surface area contributed by atoms with Crippen LogP contribution in [0.15, 0.2) is 18.2 Å². The molecule has 2 aliphatic heterocycles. The van der Waals surface area contributed by atoms with Gasteiger partial charge in [0.1, 0.15) is 0 Å². The zero-order valence-corrected chi connectivity index (χ0v) is 10.1. The van der Waals surface area contributed by atoms with E-state index in [9.17, 15) is 18.0 Å². The summed E-state index contributed by atoms with van der Waals surface area (Å²) < 4.78 is 39.3. The molecule has 0 saturated carbocycles. The van der Waals surface area contributed by atoms with Crippen LogP contribution in [-0.2, 0) is 17.4 Å². The number of carbonyl (C=O) groups excluding carboxylic acids is 1. The highest BCUT2D eigenvalue weighted by Gasteiger charge is 2.40. The number of hydrogen-bond acceptors (Lipinski definition) is 2. The fourth-order valence-electron chi connectivity index (χ4n) is 2.88. The van der Waals surface area contributed by atoms with Crippen molar-refractivity contribution in [2.45, 2.75) is 25.1 Å². The van der Waals surface area contributed by atoms with Crippen molar-refractivity contribution in [1.82, 2.24) is 5.32 Å². The van der Waals surface area contributed by atoms with Gasteiger partial charge in [-0.15, -0.1) is 0 Å². The number of halogens is 3. The van der Waals surface area contributed by atoms with Gasteiger partial charge in [0.05, 0.1) is 17.8 Å². The Kier molecular flexibility index (Phi) is 2.69. The van der Waals surface area contributed by atoms with E-state index < -0.39 is 11.7 Å². The van der Waals surface area contributed by atoms with Gasteiger partial charge in [0.25, 0.3) is 0 Å². The third-order valence-corrected chi connectivity index (χ3v) is 3.75. The van der Waals surface area contributed by atoms with Gasteiger partial charge in [-0.25, -0.2) is 0 Å². The first kappa shape index (κ1) is 12.3. The fourth-order valence-corrected chi connectivity index (χ4v) is 2.88. The average Bonchev–Trinajstić information content (AvgIpc) is 2.36. The molecule has 1 atom stereocenters. The molecule has 3 nitrogen and oxygen atoms in total. The first-order valence-corrected chi connectivity index (χ1v) is 6.19. The highest BCUT2D eigenvalue weighted by molar-refractivity contribution is 5.84. The van der Waals surface area contributed by atoms with Gasteiger partial charge >= 0.3 is 6.18 Å². The maximum Gasteiger partial charge on any atom is 0.418 e. The minimum absolute atomic E-state index is 0.00472. The van der Waals surface area contributed by atoms with E-state index in [1.54, 1.807) is 11.0 Å². The number of amides is 1. The Balaban J connectivity index is 2.11. The molecular formula is C13H13F3N2O. The molecule has 2 aliphatic rings. The third-order valence-electron chi connectivity index (χ3n) is 3.75. The molecule has 3 rings (SSSR count). The Labute approximate surface area is 108 Å². The maximum atomic E-state index is 13.1. The molecule has 0 aromatic heterocycles. The van der Waals surface area contributed by atoms with Gasteiger partial charge in [-0.3, -0.25) is 4.79 Å². The summed E-state index contributed by atoms with van der Waals surface area (Å²) >= 11 is 0. The molecule has 102 valence electrons. The standard InChI is InChI=1S/C13H13F3N2O/c14-13(15,16)10-3-1-2-8-4-5-9-6-17-11(19)7-18(9)12(8)10/h1-3,9H,4-7H2,(H,17,19). The van der Waals surface area contributed by atoms with E-state index in [0.717, 1.165) is 12.5 Å². The van der Waals surface area contributed by atoms with E-state index in [4.69, 9.17) is 0 Å². The number of hydrogen-bond donors (Lipinski definition) is 1. The summed E-state index contributed by atoms with van der Waals surface area (Å²) in [5.41, 5.74) is 0.242. The van der Waals surface area contributed by atoms with Crippen LogP contribution < -0.4 is 10.2 Å². The van der Waals surface area contributed by atoms with Crippen molar-refractivity contribution in [2.24, 2.45) is 0 Å². The van der Waals surface area contributed by atoms with Crippen LogP contribution in [0.4, 0.5) is 18.9 Å². The van der Waals surface area contributed by atoms with Crippen molar-refractivity contribution in [2.75, 3.05) is 18.0 Å². The van der Waals surface area contributed by atoms with Gasteiger partial charge in [-0.05, 0) is 24.5 Å². The Morgan fingerprint density at radius 3 is 2.84 bits per heavy atom. The molecule has 0 radical (unpaired) electrons. The van der Waals surface area contributed by atoms with Gasteiger partial charge in [-0.2, -0.15) is 13.2 Å². The second kappa shape index (κ2) is 4.15. The number of rotatable bonds is 0. The maximum absolute atomic E-state index is 13.1. The molecule has 1 unspecified atom stereocenters. The number of aryl methyl sites for hydroxylation is 1. The minimum Gasteiger partial charge on any atom is -0.357 e. The SMILES string of the molecule is O=C1CN2c3c(cccc3C(F)(F)F)CCC2CN1. The highest BCUT2D eigenvalue weighted by atomic mass is 19.4. The zero-order chi connectivity index (χ0) is 13.6. The number of benzene rings is 1. The Bertz CT molecular complexity index is 527. The number of nitrogens with zero attached hydrogens (tertiary/aromatic N) is 1. The number of fused-ring (bicyclic) bond motifs is 3. The molecule has 1 amide bonds. The van der Waals surface area contributed by atoms with Crippen molar-refractivity contribution >= 4 is 11.6 Å². The Morgan fingerprint density at radius 1 is 1.32 bits per heavy atom. The van der Waals surface area contributed by atoms with E-state index in [1.807, 2.05) is 0 Å². The average molecular weight is 270 g/mol. The van der Waals surface area contributed by atoms with Crippen LogP contribution >= 0.6 is 0 Å². The summed E-state index contributed by atoms with van der Waals surface area (Å²) in [5.74, 6) is -0.221. The minimum atomic E-state index is -4.39. The summed E-state index contributed by atoms with van der Waals surface area (Å²) in [6.45, 7) is 0.426. The smallest absolute Gasteiger partial charge is 0.357 e. The lowest BCUT2D eigenvalue weighted by molar-refractivity contribution is -0.137. The van der Waals surface area contributed by atoms with Crippen molar-refractivity contribution in [1.29, 1.82) is 0 Å². The number of para-hydroxylation sites is 1. The van der Waals surface area contributed by atoms with Gasteiger partial charge in [0.15, 0.2) is 0 Å². The summed E-state index contributed by atoms with van der Waals surface area (Å²) in [6.07, 6.45) is -2.99. The summed E-state index contributed by atoms with van der Waals surface area (Å²) in [4.78, 5) is 13.1. The van der Waals surface area contributed by atoms with Crippen LogP contribution in [0.1, 0.15) is 17.5 Å². The largest absolute Gasteiger partial charge is 0.418 e. The predicted molar refractivity (Wildman–Crippen MR) is 63.9 cm³/mol. The molecule has 0 aliphatic carbocycles. The molecule has 0 bridgehead atoms. The summed E-state index contributed by atoms with van der Waals surface area (Å²) in [7, 11) is 0. The third kappa shape index (κ3) is 2.05. The second-order valence-corrected chi connectivity index (χ2v) is 4.94. The quantitative estimate of drug-likeness (QED) is 0.781. The molecule has 1 saturated heterocycles. The van der Waals surface area contributed by atoms with Crippen LogP contribution in [-0.4, -0.2) is 25.0 Å². The van der Waals surface area contributed by atoms with Crippen LogP contribution in [0.2, 0.25) is 0 Å². The van der Waals surface area contributed by atoms with Crippen molar-refractivity contribution in [3.8, 4) is 0 Å². The molecule has 1 aromatic carbocycles. The highest BCUT2D eigenvalue weighted by Crippen LogP contribution is 2.42. The van der Waals surface area contributed by atoms with Gasteiger partial charge in [0, 0.05) is 12.6 Å². The van der Waals surface area contributed by atoms with Crippen molar-refractivity contribution in [3.05, 3.63) is 29.3 Å². The molecule has 1 fully saturated rings. The number of nitrogens with one attached hydrogen (secondary N) is 1. The Morgan fingerprint density at radius 2 is 2.11 bits per heavy atom. The molecule has 1 aromatic rings. The second-order valence-electron chi connectivity index (χ2n) is 4.94. The van der Waals surface area contributed by atoms with Crippen LogP contribution in [0.25, 0.3) is 0 Å². The first-order valence-electron chi connectivity index (χ1n) is 6.19. The molecule has 0 spiro atoms. The van der Waals surface area contributed by atoms with E-state index in [-0.39, 0.29) is 24.2 Å². The van der Waals surface area contributed by atoms with Gasteiger partial charge in [0.2, 0.25) is 5.91 Å². The molecule has 19 heavy (non-hydrogen) atoms. The predicted octanol–water partition coefficient (Wildman–Crippen LogP) is 1.96. The zero-order valence-electron chi connectivity index (χ0n) is 10.1. The van der Waals surface area contributed by atoms with Gasteiger partial charge < -0.3 is 10.2 Å². The van der Waals surface area contributed by atoms with Crippen molar-refractivity contribution < 1.29 is 18.0 Å². The number of anilines is 1. The van der Waals surface area contributed by atoms with E-state index in [2.05, 4.69) is 5.32 Å². The molecular weight excluding hydrogens is 257 g/mol. The monoisotopic (exact) mass is 270 g/mol. The van der Waals surface area contributed by atoms with Crippen molar-refractivity contribution in [3.63, 3.8) is 0 Å². The van der Waals surface area contributed by atoms with E-state index in [0.29, 0.717) is 18.5 Å². The Hall–Kier alpha value is -1.72. The first-order chi connectivity index (χ1) is 8.97. The van der Waals surface area contributed by atoms with Crippen LogP contribution in [0, 0.1) is 0 Å². The lowest BCUT2D eigenvalue weighted by atomic mass is 9.91. The lowest BCUT2D eigenvalue weighted by Crippen LogP contribution is -2.56. The number of alkyl halides is 3. The summed E-state index contributed by atoms with van der Waals surface area (Å²) in [6, 6.07) is 4.21. The summed E-state index contributed by atoms with van der Waals surface area (Å²) in [5, 5.41) is 2.71. The number of carbonyl (C=O) groups is 1. The number of piperazine rings is 1. The van der Waals surface area contributed by atoms with Crippen LogP contribution in [0.3, 0.4) is 0 Å². The van der Waals surface area contributed by atoms with E-state index >= 15 is 0 Å². The van der Waals surface area contributed by atoms with E-state index in [1.165, 1.54) is 6.07 Å². The molecule has 2 heterocycles. The topological polar surface area (TPSA) is 32.3 Å². The molecule has 6 heteroatoms. The normalized spacial score (nSPS) is 22.6. The van der Waals surface area contributed by atoms with Gasteiger partial charge in [-0.1, -0.05) is 12.1 Å². The van der Waals surface area contributed by atoms with Crippen LogP contribution in [0.5, 0.6) is 0 Å².